The van der Waals surface area contributed by atoms with Gasteiger partial charge >= 0.3 is 6.18 Å². The summed E-state index contributed by atoms with van der Waals surface area (Å²) in [5, 5.41) is 14.3. The van der Waals surface area contributed by atoms with Crippen molar-refractivity contribution in [2.24, 2.45) is 11.3 Å². The number of rotatable bonds is 7. The van der Waals surface area contributed by atoms with Crippen molar-refractivity contribution in [2.75, 3.05) is 25.5 Å². The van der Waals surface area contributed by atoms with Crippen LogP contribution in [0.1, 0.15) is 26.2 Å². The van der Waals surface area contributed by atoms with Crippen LogP contribution in [0.3, 0.4) is 0 Å². The fraction of sp³-hybridized carbons (Fsp3) is 0.522. The van der Waals surface area contributed by atoms with E-state index in [4.69, 9.17) is 0 Å². The number of para-hydroxylation sites is 1. The Morgan fingerprint density at radius 2 is 1.86 bits per heavy atom. The normalized spacial score (nSPS) is 21.4. The lowest BCUT2D eigenvalue weighted by Gasteiger charge is -2.27. The third kappa shape index (κ3) is 5.55. The van der Waals surface area contributed by atoms with Gasteiger partial charge < -0.3 is 20.4 Å². The Kier molecular flexibility index (Phi) is 7.38. The van der Waals surface area contributed by atoms with Crippen molar-refractivity contribution in [1.82, 2.24) is 15.1 Å². The van der Waals surface area contributed by atoms with Crippen LogP contribution in [-0.4, -0.2) is 71.8 Å². The average Bonchev–Trinajstić information content (AvgIpc) is 3.52. The average molecular weight is 493 g/mol. The monoisotopic (exact) mass is 493 g/mol. The smallest absolute Gasteiger partial charge is 0.344 e. The standard InChI is InChI=1S/C23H26F3N5O4/c1-14(28-21(35)22(8-9-22)23(24,25)26)20(34)30(2)13-18(32)31-12-15(10-17(31)11-27)19(33)29-16-6-4-3-5-7-16/h3-7,14-15,17H,8-10,12-13H2,1-2H3,(H,28,35)(H,29,33). The van der Waals surface area contributed by atoms with Crippen molar-refractivity contribution in [2.45, 2.75) is 44.4 Å². The number of carbonyl (C=O) groups is 4. The highest BCUT2D eigenvalue weighted by atomic mass is 19.4. The zero-order valence-corrected chi connectivity index (χ0v) is 19.3. The molecule has 1 aromatic carbocycles. The number of nitrogens with zero attached hydrogens (tertiary/aromatic N) is 3. The number of anilines is 1. The minimum absolute atomic E-state index is 0.0157. The van der Waals surface area contributed by atoms with E-state index in [1.807, 2.05) is 6.07 Å². The molecule has 1 saturated carbocycles. The molecule has 0 aromatic heterocycles. The van der Waals surface area contributed by atoms with E-state index in [0.717, 1.165) is 4.90 Å². The molecule has 188 valence electrons. The number of likely N-dealkylation sites (N-methyl/N-ethyl adjacent to an activating group) is 1. The molecule has 2 fully saturated rings. The van der Waals surface area contributed by atoms with E-state index in [1.54, 1.807) is 30.3 Å². The van der Waals surface area contributed by atoms with Crippen molar-refractivity contribution in [3.05, 3.63) is 30.3 Å². The highest BCUT2D eigenvalue weighted by molar-refractivity contribution is 5.95. The van der Waals surface area contributed by atoms with Gasteiger partial charge in [0.1, 0.15) is 17.5 Å². The SMILES string of the molecule is CC(NC(=O)C1(C(F)(F)F)CC1)C(=O)N(C)CC(=O)N1CC(C(=O)Nc2ccccc2)CC1C#N. The number of hydrogen-bond acceptors (Lipinski definition) is 5. The van der Waals surface area contributed by atoms with Gasteiger partial charge in [0.05, 0.1) is 18.5 Å². The zero-order valence-electron chi connectivity index (χ0n) is 19.3. The van der Waals surface area contributed by atoms with Crippen molar-refractivity contribution < 1.29 is 32.3 Å². The van der Waals surface area contributed by atoms with Crippen molar-refractivity contribution >= 4 is 29.3 Å². The van der Waals surface area contributed by atoms with Crippen molar-refractivity contribution in [1.29, 1.82) is 5.26 Å². The summed E-state index contributed by atoms with van der Waals surface area (Å²) in [4.78, 5) is 52.3. The Labute approximate surface area is 200 Å². The Hall–Kier alpha value is -3.62. The van der Waals surface area contributed by atoms with E-state index in [2.05, 4.69) is 10.6 Å². The summed E-state index contributed by atoms with van der Waals surface area (Å²) in [7, 11) is 1.27. The maximum absolute atomic E-state index is 13.1. The van der Waals surface area contributed by atoms with Crippen LogP contribution >= 0.6 is 0 Å². The number of amides is 4. The molecule has 1 saturated heterocycles. The summed E-state index contributed by atoms with van der Waals surface area (Å²) in [5.74, 6) is -3.57. The summed E-state index contributed by atoms with van der Waals surface area (Å²) < 4.78 is 39.4. The molecule has 0 bridgehead atoms. The maximum Gasteiger partial charge on any atom is 0.403 e. The molecule has 12 heteroatoms. The zero-order chi connectivity index (χ0) is 26.0. The first-order valence-corrected chi connectivity index (χ1v) is 11.1. The van der Waals surface area contributed by atoms with Crippen molar-refractivity contribution in [3.8, 4) is 6.07 Å². The van der Waals surface area contributed by atoms with Gasteiger partial charge in [-0.15, -0.1) is 0 Å². The number of likely N-dealkylation sites (tertiary alicyclic amines) is 1. The van der Waals surface area contributed by atoms with Gasteiger partial charge in [-0.25, -0.2) is 0 Å². The van der Waals surface area contributed by atoms with Gasteiger partial charge in [0.15, 0.2) is 0 Å². The molecule has 0 radical (unpaired) electrons. The van der Waals surface area contributed by atoms with Gasteiger partial charge in [0, 0.05) is 19.3 Å². The summed E-state index contributed by atoms with van der Waals surface area (Å²) in [6.07, 6.45) is -5.24. The fourth-order valence-corrected chi connectivity index (χ4v) is 4.05. The Bertz CT molecular complexity index is 1040. The first-order chi connectivity index (χ1) is 16.4. The number of nitrogens with one attached hydrogen (secondary N) is 2. The Balaban J connectivity index is 1.55. The quantitative estimate of drug-likeness (QED) is 0.598. The van der Waals surface area contributed by atoms with Crippen LogP contribution < -0.4 is 10.6 Å². The number of hydrogen-bond donors (Lipinski definition) is 2. The second kappa shape index (κ2) is 9.93. The Morgan fingerprint density at radius 3 is 2.40 bits per heavy atom. The topological polar surface area (TPSA) is 123 Å². The van der Waals surface area contributed by atoms with Crippen LogP contribution in [0.2, 0.25) is 0 Å². The number of alkyl halides is 3. The van der Waals surface area contributed by atoms with Crippen LogP contribution in [0.15, 0.2) is 30.3 Å². The van der Waals surface area contributed by atoms with Crippen LogP contribution in [0.25, 0.3) is 0 Å². The van der Waals surface area contributed by atoms with Crippen LogP contribution in [0.5, 0.6) is 0 Å². The third-order valence-corrected chi connectivity index (χ3v) is 6.38. The molecule has 3 rings (SSSR count). The Morgan fingerprint density at radius 1 is 1.23 bits per heavy atom. The maximum atomic E-state index is 13.1. The van der Waals surface area contributed by atoms with E-state index in [9.17, 15) is 37.6 Å². The van der Waals surface area contributed by atoms with E-state index in [1.165, 1.54) is 18.9 Å². The lowest BCUT2D eigenvalue weighted by atomic mass is 10.1. The second-order valence-corrected chi connectivity index (χ2v) is 8.95. The number of benzene rings is 1. The number of carbonyl (C=O) groups excluding carboxylic acids is 4. The highest BCUT2D eigenvalue weighted by Gasteiger charge is 2.68. The van der Waals surface area contributed by atoms with Crippen LogP contribution in [0.4, 0.5) is 18.9 Å². The van der Waals surface area contributed by atoms with E-state index in [-0.39, 0.29) is 31.7 Å². The predicted octanol–water partition coefficient (Wildman–Crippen LogP) is 1.67. The van der Waals surface area contributed by atoms with Gasteiger partial charge in [-0.3, -0.25) is 19.2 Å². The third-order valence-electron chi connectivity index (χ3n) is 6.38. The molecule has 1 aromatic rings. The highest BCUT2D eigenvalue weighted by Crippen LogP contribution is 2.57. The lowest BCUT2D eigenvalue weighted by Crippen LogP contribution is -2.52. The molecule has 3 atom stereocenters. The van der Waals surface area contributed by atoms with Crippen LogP contribution in [0, 0.1) is 22.7 Å². The molecule has 2 aliphatic rings. The van der Waals surface area contributed by atoms with Gasteiger partial charge in [-0.2, -0.15) is 18.4 Å². The predicted molar refractivity (Wildman–Crippen MR) is 117 cm³/mol. The summed E-state index contributed by atoms with van der Waals surface area (Å²) in [6.45, 7) is 0.762. The molecule has 2 N–H and O–H groups in total. The summed E-state index contributed by atoms with van der Waals surface area (Å²) in [6, 6.07) is 8.55. The van der Waals surface area contributed by atoms with Gasteiger partial charge in [-0.1, -0.05) is 18.2 Å². The molecule has 0 spiro atoms. The minimum Gasteiger partial charge on any atom is -0.344 e. The first-order valence-electron chi connectivity index (χ1n) is 11.1. The number of halogens is 3. The number of nitriles is 1. The second-order valence-electron chi connectivity index (χ2n) is 8.95. The van der Waals surface area contributed by atoms with E-state index in [0.29, 0.717) is 5.69 Å². The molecular formula is C23H26F3N5O4. The van der Waals surface area contributed by atoms with Gasteiger partial charge in [-0.05, 0) is 38.3 Å². The fourth-order valence-electron chi connectivity index (χ4n) is 4.05. The largest absolute Gasteiger partial charge is 0.403 e. The lowest BCUT2D eigenvalue weighted by molar-refractivity contribution is -0.192. The first kappa shape index (κ1) is 26.0. The molecule has 35 heavy (non-hydrogen) atoms. The van der Waals surface area contributed by atoms with Crippen LogP contribution in [-0.2, 0) is 19.2 Å². The summed E-state index contributed by atoms with van der Waals surface area (Å²) >= 11 is 0. The van der Waals surface area contributed by atoms with E-state index < -0.39 is 53.9 Å². The molecule has 4 amide bonds. The van der Waals surface area contributed by atoms with Gasteiger partial charge in [0.25, 0.3) is 0 Å². The summed E-state index contributed by atoms with van der Waals surface area (Å²) in [5.41, 5.74) is -1.88. The van der Waals surface area contributed by atoms with Crippen molar-refractivity contribution in [3.63, 3.8) is 0 Å². The molecule has 9 nitrogen and oxygen atoms in total. The molecular weight excluding hydrogens is 467 g/mol. The molecule has 1 aliphatic carbocycles. The molecule has 3 unspecified atom stereocenters. The molecule has 1 aliphatic heterocycles. The molecule has 1 heterocycles. The van der Waals surface area contributed by atoms with E-state index >= 15 is 0 Å². The van der Waals surface area contributed by atoms with Gasteiger partial charge in [0.2, 0.25) is 23.6 Å². The minimum atomic E-state index is -4.70.